The fourth-order valence-electron chi connectivity index (χ4n) is 2.74. The lowest BCUT2D eigenvalue weighted by molar-refractivity contribution is 0.368. The Bertz CT molecular complexity index is 601. The SMILES string of the molecule is CC1(C)NCCc2c1ncn2Cc1cccc(Br)c1. The van der Waals surface area contributed by atoms with Crippen LogP contribution in [0.1, 0.15) is 30.8 Å². The van der Waals surface area contributed by atoms with Gasteiger partial charge in [0.15, 0.2) is 0 Å². The number of nitrogens with one attached hydrogen (secondary N) is 1. The largest absolute Gasteiger partial charge is 0.330 e. The Kier molecular flexibility index (Phi) is 3.23. The molecule has 1 N–H and O–H groups in total. The summed E-state index contributed by atoms with van der Waals surface area (Å²) in [4.78, 5) is 4.62. The van der Waals surface area contributed by atoms with Crippen molar-refractivity contribution in [2.24, 2.45) is 0 Å². The number of halogens is 1. The number of hydrogen-bond acceptors (Lipinski definition) is 2. The van der Waals surface area contributed by atoms with Crippen LogP contribution in [-0.2, 0) is 18.5 Å². The summed E-state index contributed by atoms with van der Waals surface area (Å²) >= 11 is 3.52. The minimum Gasteiger partial charge on any atom is -0.330 e. The second-order valence-corrected chi connectivity index (χ2v) is 6.52. The lowest BCUT2D eigenvalue weighted by Gasteiger charge is -2.30. The highest BCUT2D eigenvalue weighted by atomic mass is 79.9. The second kappa shape index (κ2) is 4.76. The van der Waals surface area contributed by atoms with Crippen LogP contribution in [0.25, 0.3) is 0 Å². The fourth-order valence-corrected chi connectivity index (χ4v) is 3.18. The molecule has 0 amide bonds. The molecule has 1 aliphatic rings. The summed E-state index contributed by atoms with van der Waals surface area (Å²) in [5.41, 5.74) is 3.83. The van der Waals surface area contributed by atoms with E-state index in [4.69, 9.17) is 0 Å². The molecule has 0 atom stereocenters. The van der Waals surface area contributed by atoms with Gasteiger partial charge in [-0.05, 0) is 31.5 Å². The molecule has 0 radical (unpaired) electrons. The number of hydrogen-bond donors (Lipinski definition) is 1. The van der Waals surface area contributed by atoms with E-state index in [-0.39, 0.29) is 5.54 Å². The molecule has 1 aromatic carbocycles. The summed E-state index contributed by atoms with van der Waals surface area (Å²) in [6.07, 6.45) is 3.02. The van der Waals surface area contributed by atoms with Gasteiger partial charge in [-0.1, -0.05) is 28.1 Å². The van der Waals surface area contributed by atoms with Gasteiger partial charge in [-0.2, -0.15) is 0 Å². The third-order valence-electron chi connectivity index (χ3n) is 3.71. The Labute approximate surface area is 122 Å². The van der Waals surface area contributed by atoms with E-state index in [1.165, 1.54) is 17.0 Å². The first-order valence-electron chi connectivity index (χ1n) is 6.60. The maximum absolute atomic E-state index is 4.62. The van der Waals surface area contributed by atoms with Gasteiger partial charge < -0.3 is 9.88 Å². The number of rotatable bonds is 2. The van der Waals surface area contributed by atoms with Crippen LogP contribution >= 0.6 is 15.9 Å². The van der Waals surface area contributed by atoms with E-state index < -0.39 is 0 Å². The monoisotopic (exact) mass is 319 g/mol. The first kappa shape index (κ1) is 12.9. The average molecular weight is 320 g/mol. The van der Waals surface area contributed by atoms with Gasteiger partial charge >= 0.3 is 0 Å². The zero-order valence-corrected chi connectivity index (χ0v) is 12.9. The average Bonchev–Trinajstić information content (AvgIpc) is 2.74. The molecule has 2 aromatic rings. The smallest absolute Gasteiger partial charge is 0.0955 e. The van der Waals surface area contributed by atoms with Gasteiger partial charge in [0.05, 0.1) is 17.6 Å². The third-order valence-corrected chi connectivity index (χ3v) is 4.20. The highest BCUT2D eigenvalue weighted by Gasteiger charge is 2.30. The second-order valence-electron chi connectivity index (χ2n) is 5.60. The Morgan fingerprint density at radius 3 is 3.05 bits per heavy atom. The fraction of sp³-hybridized carbons (Fsp3) is 0.400. The van der Waals surface area contributed by atoms with Crippen molar-refractivity contribution in [3.8, 4) is 0 Å². The molecule has 1 aliphatic heterocycles. The molecule has 0 saturated carbocycles. The summed E-state index contributed by atoms with van der Waals surface area (Å²) in [6.45, 7) is 6.30. The molecule has 3 nitrogen and oxygen atoms in total. The molecule has 100 valence electrons. The molecule has 0 saturated heterocycles. The molecule has 0 aliphatic carbocycles. The molecule has 1 aromatic heterocycles. The van der Waals surface area contributed by atoms with Crippen LogP contribution in [-0.4, -0.2) is 16.1 Å². The van der Waals surface area contributed by atoms with Crippen LogP contribution in [0.2, 0.25) is 0 Å². The van der Waals surface area contributed by atoms with Crippen LogP contribution in [0, 0.1) is 0 Å². The lowest BCUT2D eigenvalue weighted by atomic mass is 9.93. The number of fused-ring (bicyclic) bond motifs is 1. The van der Waals surface area contributed by atoms with Crippen molar-refractivity contribution >= 4 is 15.9 Å². The van der Waals surface area contributed by atoms with Crippen LogP contribution < -0.4 is 5.32 Å². The molecular weight excluding hydrogens is 302 g/mol. The Balaban J connectivity index is 1.93. The van der Waals surface area contributed by atoms with Gasteiger partial charge in [0, 0.05) is 29.7 Å². The third kappa shape index (κ3) is 2.47. The maximum Gasteiger partial charge on any atom is 0.0955 e. The van der Waals surface area contributed by atoms with Crippen molar-refractivity contribution in [3.05, 3.63) is 52.0 Å². The zero-order chi connectivity index (χ0) is 13.5. The number of nitrogens with zero attached hydrogens (tertiary/aromatic N) is 2. The van der Waals surface area contributed by atoms with Gasteiger partial charge in [0.1, 0.15) is 0 Å². The van der Waals surface area contributed by atoms with Gasteiger partial charge in [0.2, 0.25) is 0 Å². The van der Waals surface area contributed by atoms with Crippen LogP contribution in [0.4, 0.5) is 0 Å². The van der Waals surface area contributed by atoms with Crippen molar-refractivity contribution in [2.45, 2.75) is 32.4 Å². The molecule has 0 spiro atoms. The van der Waals surface area contributed by atoms with E-state index in [1.807, 2.05) is 6.33 Å². The minimum atomic E-state index is -0.0178. The molecule has 2 heterocycles. The summed E-state index contributed by atoms with van der Waals surface area (Å²) in [7, 11) is 0. The maximum atomic E-state index is 4.62. The van der Waals surface area contributed by atoms with Crippen molar-refractivity contribution in [3.63, 3.8) is 0 Å². The Hall–Kier alpha value is -1.13. The Morgan fingerprint density at radius 1 is 1.42 bits per heavy atom. The normalized spacial score (nSPS) is 17.2. The summed E-state index contributed by atoms with van der Waals surface area (Å²) < 4.78 is 3.40. The summed E-state index contributed by atoms with van der Waals surface area (Å²) in [5.74, 6) is 0. The van der Waals surface area contributed by atoms with Crippen LogP contribution in [0.15, 0.2) is 35.1 Å². The van der Waals surface area contributed by atoms with E-state index in [0.717, 1.165) is 24.0 Å². The van der Waals surface area contributed by atoms with Crippen molar-refractivity contribution in [1.29, 1.82) is 0 Å². The van der Waals surface area contributed by atoms with Gasteiger partial charge in [0.25, 0.3) is 0 Å². The van der Waals surface area contributed by atoms with Crippen molar-refractivity contribution in [1.82, 2.24) is 14.9 Å². The minimum absolute atomic E-state index is 0.0178. The van der Waals surface area contributed by atoms with Crippen LogP contribution in [0.5, 0.6) is 0 Å². The highest BCUT2D eigenvalue weighted by Crippen LogP contribution is 2.27. The number of benzene rings is 1. The quantitative estimate of drug-likeness (QED) is 0.922. The molecule has 0 unspecified atom stereocenters. The lowest BCUT2D eigenvalue weighted by Crippen LogP contribution is -2.43. The first-order chi connectivity index (χ1) is 9.06. The topological polar surface area (TPSA) is 29.9 Å². The first-order valence-corrected chi connectivity index (χ1v) is 7.39. The standard InChI is InChI=1S/C15H18BrN3/c1-15(2)14-13(6-7-18-15)19(10-17-14)9-11-4-3-5-12(16)8-11/h3-5,8,10,18H,6-7,9H2,1-2H3. The molecule has 3 rings (SSSR count). The van der Waals surface area contributed by atoms with E-state index in [2.05, 4.69) is 68.9 Å². The van der Waals surface area contributed by atoms with E-state index >= 15 is 0 Å². The van der Waals surface area contributed by atoms with Gasteiger partial charge in [-0.25, -0.2) is 4.98 Å². The zero-order valence-electron chi connectivity index (χ0n) is 11.3. The predicted molar refractivity (Wildman–Crippen MR) is 80.2 cm³/mol. The Morgan fingerprint density at radius 2 is 2.26 bits per heavy atom. The number of imidazole rings is 1. The molecular formula is C15H18BrN3. The van der Waals surface area contributed by atoms with Gasteiger partial charge in [-0.3, -0.25) is 0 Å². The van der Waals surface area contributed by atoms with E-state index in [1.54, 1.807) is 0 Å². The molecule has 19 heavy (non-hydrogen) atoms. The predicted octanol–water partition coefficient (Wildman–Crippen LogP) is 3.07. The molecule has 4 heteroatoms. The molecule has 0 fully saturated rings. The summed E-state index contributed by atoms with van der Waals surface area (Å²) in [5, 5.41) is 3.52. The van der Waals surface area contributed by atoms with E-state index in [9.17, 15) is 0 Å². The van der Waals surface area contributed by atoms with Crippen molar-refractivity contribution in [2.75, 3.05) is 6.54 Å². The highest BCUT2D eigenvalue weighted by molar-refractivity contribution is 9.10. The van der Waals surface area contributed by atoms with Crippen LogP contribution in [0.3, 0.4) is 0 Å². The van der Waals surface area contributed by atoms with Gasteiger partial charge in [-0.15, -0.1) is 0 Å². The number of aromatic nitrogens is 2. The van der Waals surface area contributed by atoms with Crippen molar-refractivity contribution < 1.29 is 0 Å². The van der Waals surface area contributed by atoms with E-state index in [0.29, 0.717) is 0 Å². The molecule has 0 bridgehead atoms. The summed E-state index contributed by atoms with van der Waals surface area (Å²) in [6, 6.07) is 8.45.